The SMILES string of the molecule is CCC[C@H](c1ccc(C(=O)NCCC(=O)O)cc1)N1C(=O)C(c2cc(Cl)cc(Cl)c2)=NC12CCC(C(C)(C)C)CC2. The number of carboxylic acid groups (broad SMARTS) is 1. The molecular formula is C32H39Cl2N3O4. The first-order valence-corrected chi connectivity index (χ1v) is 15.1. The molecule has 0 radical (unpaired) electrons. The first kappa shape index (κ1) is 31.0. The Kier molecular flexibility index (Phi) is 9.49. The maximum atomic E-state index is 14.3. The predicted octanol–water partition coefficient (Wildman–Crippen LogP) is 7.30. The van der Waals surface area contributed by atoms with Gasteiger partial charge < -0.3 is 15.3 Å². The summed E-state index contributed by atoms with van der Waals surface area (Å²) in [5.41, 5.74) is 1.88. The number of nitrogens with zero attached hydrogens (tertiary/aromatic N) is 2. The van der Waals surface area contributed by atoms with Crippen LogP contribution < -0.4 is 5.32 Å². The lowest BCUT2D eigenvalue weighted by Crippen LogP contribution is -2.51. The number of carbonyl (C=O) groups is 3. The van der Waals surface area contributed by atoms with Gasteiger partial charge in [-0.05, 0) is 79.3 Å². The number of hydrogen-bond donors (Lipinski definition) is 2. The molecule has 1 aliphatic heterocycles. The molecule has 1 aliphatic carbocycles. The Labute approximate surface area is 252 Å². The van der Waals surface area contributed by atoms with Crippen LogP contribution in [0.4, 0.5) is 0 Å². The van der Waals surface area contributed by atoms with E-state index in [0.29, 0.717) is 32.8 Å². The summed E-state index contributed by atoms with van der Waals surface area (Å²) in [4.78, 5) is 44.8. The van der Waals surface area contributed by atoms with Crippen LogP contribution >= 0.6 is 23.2 Å². The van der Waals surface area contributed by atoms with Crippen molar-refractivity contribution in [2.24, 2.45) is 16.3 Å². The average Bonchev–Trinajstić information content (AvgIpc) is 3.17. The smallest absolute Gasteiger partial charge is 0.305 e. The third kappa shape index (κ3) is 6.95. The highest BCUT2D eigenvalue weighted by molar-refractivity contribution is 6.47. The second-order valence-electron chi connectivity index (χ2n) is 12.2. The van der Waals surface area contributed by atoms with Gasteiger partial charge in [0.15, 0.2) is 0 Å². The van der Waals surface area contributed by atoms with Gasteiger partial charge in [-0.1, -0.05) is 69.5 Å². The van der Waals surface area contributed by atoms with Gasteiger partial charge in [-0.3, -0.25) is 19.4 Å². The average molecular weight is 601 g/mol. The lowest BCUT2D eigenvalue weighted by molar-refractivity contribution is -0.137. The zero-order chi connectivity index (χ0) is 29.9. The second-order valence-corrected chi connectivity index (χ2v) is 13.1. The van der Waals surface area contributed by atoms with Gasteiger partial charge in [-0.25, -0.2) is 0 Å². The summed E-state index contributed by atoms with van der Waals surface area (Å²) in [7, 11) is 0. The maximum absolute atomic E-state index is 14.3. The molecule has 1 fully saturated rings. The Balaban J connectivity index is 1.69. The molecule has 2 aromatic carbocycles. The Bertz CT molecular complexity index is 1310. The molecule has 0 aromatic heterocycles. The van der Waals surface area contributed by atoms with Gasteiger partial charge >= 0.3 is 5.97 Å². The van der Waals surface area contributed by atoms with Crippen molar-refractivity contribution < 1.29 is 19.5 Å². The summed E-state index contributed by atoms with van der Waals surface area (Å²) in [5, 5.41) is 12.4. The number of carbonyl (C=O) groups excluding carboxylic acids is 2. The van der Waals surface area contributed by atoms with Crippen molar-refractivity contribution in [1.82, 2.24) is 10.2 Å². The summed E-state index contributed by atoms with van der Waals surface area (Å²) in [5.74, 6) is -0.895. The summed E-state index contributed by atoms with van der Waals surface area (Å²) in [6.07, 6.45) is 4.91. The summed E-state index contributed by atoms with van der Waals surface area (Å²) in [6.45, 7) is 8.97. The van der Waals surface area contributed by atoms with Crippen LogP contribution in [-0.4, -0.2) is 45.7 Å². The van der Waals surface area contributed by atoms with Crippen LogP contribution in [0.25, 0.3) is 0 Å². The highest BCUT2D eigenvalue weighted by Crippen LogP contribution is 2.50. The summed E-state index contributed by atoms with van der Waals surface area (Å²) < 4.78 is 0. The summed E-state index contributed by atoms with van der Waals surface area (Å²) in [6, 6.07) is 12.1. The standard InChI is InChI=1S/C32H39Cl2N3O4/c1-5-6-26(20-7-9-21(10-8-20)29(40)35-16-13-27(38)39)37-30(41)28(22-17-24(33)19-25(34)18-22)36-32(37)14-11-23(12-15-32)31(2,3)4/h7-10,17-19,23,26H,5-6,11-16H2,1-4H3,(H,35,40)(H,38,39)/t23?,26-,32?/m1/s1. The van der Waals surface area contributed by atoms with Gasteiger partial charge in [0.25, 0.3) is 11.8 Å². The Hall–Kier alpha value is -2.90. The second kappa shape index (κ2) is 12.5. The lowest BCUT2D eigenvalue weighted by Gasteiger charge is -2.47. The van der Waals surface area contributed by atoms with Crippen LogP contribution in [0, 0.1) is 11.3 Å². The fourth-order valence-electron chi connectivity index (χ4n) is 6.18. The molecule has 4 rings (SSSR count). The van der Waals surface area contributed by atoms with E-state index >= 15 is 0 Å². The minimum absolute atomic E-state index is 0.0579. The van der Waals surface area contributed by atoms with Crippen molar-refractivity contribution in [3.8, 4) is 0 Å². The van der Waals surface area contributed by atoms with Crippen LogP contribution in [0.2, 0.25) is 10.0 Å². The van der Waals surface area contributed by atoms with E-state index in [1.807, 2.05) is 17.0 Å². The quantitative estimate of drug-likeness (QED) is 0.316. The van der Waals surface area contributed by atoms with Crippen LogP contribution in [0.5, 0.6) is 0 Å². The summed E-state index contributed by atoms with van der Waals surface area (Å²) >= 11 is 12.7. The number of aliphatic carboxylic acids is 1. The third-order valence-electron chi connectivity index (χ3n) is 8.39. The van der Waals surface area contributed by atoms with Crippen LogP contribution in [0.15, 0.2) is 47.5 Å². The third-order valence-corrected chi connectivity index (χ3v) is 8.83. The first-order valence-electron chi connectivity index (χ1n) is 14.3. The number of amides is 2. The van der Waals surface area contributed by atoms with Gasteiger partial charge in [-0.15, -0.1) is 0 Å². The number of rotatable bonds is 9. The van der Waals surface area contributed by atoms with E-state index < -0.39 is 11.6 Å². The van der Waals surface area contributed by atoms with E-state index in [1.54, 1.807) is 30.3 Å². The largest absolute Gasteiger partial charge is 0.481 e. The van der Waals surface area contributed by atoms with E-state index in [0.717, 1.165) is 44.1 Å². The monoisotopic (exact) mass is 599 g/mol. The number of hydrogen-bond acceptors (Lipinski definition) is 4. The van der Waals surface area contributed by atoms with Crippen LogP contribution in [0.1, 0.15) is 100 Å². The van der Waals surface area contributed by atoms with E-state index in [4.69, 9.17) is 33.3 Å². The predicted molar refractivity (Wildman–Crippen MR) is 163 cm³/mol. The Morgan fingerprint density at radius 2 is 1.71 bits per heavy atom. The molecule has 0 bridgehead atoms. The molecule has 220 valence electrons. The number of nitrogens with one attached hydrogen (secondary N) is 1. The van der Waals surface area contributed by atoms with Crippen molar-refractivity contribution in [1.29, 1.82) is 0 Å². The first-order chi connectivity index (χ1) is 19.3. The van der Waals surface area contributed by atoms with E-state index in [9.17, 15) is 14.4 Å². The zero-order valence-corrected chi connectivity index (χ0v) is 25.7. The van der Waals surface area contributed by atoms with E-state index in [1.165, 1.54) is 0 Å². The number of carboxylic acids is 1. The van der Waals surface area contributed by atoms with Gasteiger partial charge in [0.1, 0.15) is 11.4 Å². The van der Waals surface area contributed by atoms with Gasteiger partial charge in [0.05, 0.1) is 12.5 Å². The van der Waals surface area contributed by atoms with Crippen LogP contribution in [-0.2, 0) is 9.59 Å². The Morgan fingerprint density at radius 3 is 2.24 bits per heavy atom. The minimum Gasteiger partial charge on any atom is -0.481 e. The molecule has 2 aromatic rings. The zero-order valence-electron chi connectivity index (χ0n) is 24.2. The molecule has 2 aliphatic rings. The van der Waals surface area contributed by atoms with Crippen molar-refractivity contribution in [3.63, 3.8) is 0 Å². The highest BCUT2D eigenvalue weighted by Gasteiger charge is 2.52. The van der Waals surface area contributed by atoms with E-state index in [2.05, 4.69) is 33.0 Å². The van der Waals surface area contributed by atoms with Crippen molar-refractivity contribution in [2.45, 2.75) is 84.3 Å². The molecule has 0 saturated heterocycles. The van der Waals surface area contributed by atoms with E-state index in [-0.39, 0.29) is 36.2 Å². The molecular weight excluding hydrogens is 561 g/mol. The fraction of sp³-hybridized carbons (Fsp3) is 0.500. The molecule has 9 heteroatoms. The molecule has 1 atom stereocenters. The van der Waals surface area contributed by atoms with Gasteiger partial charge in [-0.2, -0.15) is 0 Å². The minimum atomic E-state index is -0.967. The molecule has 7 nitrogen and oxygen atoms in total. The molecule has 1 spiro atoms. The fourth-order valence-corrected chi connectivity index (χ4v) is 6.71. The number of benzene rings is 2. The van der Waals surface area contributed by atoms with Crippen molar-refractivity contribution in [3.05, 3.63) is 69.2 Å². The molecule has 0 unspecified atom stereocenters. The molecule has 41 heavy (non-hydrogen) atoms. The topological polar surface area (TPSA) is 99.1 Å². The van der Waals surface area contributed by atoms with Gasteiger partial charge in [0.2, 0.25) is 0 Å². The molecule has 2 amide bonds. The number of aliphatic imine (C=N–C) groups is 1. The lowest BCUT2D eigenvalue weighted by atomic mass is 9.69. The Morgan fingerprint density at radius 1 is 1.10 bits per heavy atom. The maximum Gasteiger partial charge on any atom is 0.305 e. The number of halogens is 2. The van der Waals surface area contributed by atoms with Crippen molar-refractivity contribution >= 4 is 46.7 Å². The van der Waals surface area contributed by atoms with Crippen LogP contribution in [0.3, 0.4) is 0 Å². The molecule has 1 heterocycles. The van der Waals surface area contributed by atoms with Crippen molar-refractivity contribution in [2.75, 3.05) is 6.54 Å². The normalized spacial score (nSPS) is 21.6. The molecule has 1 saturated carbocycles. The van der Waals surface area contributed by atoms with Gasteiger partial charge in [0, 0.05) is 27.7 Å². The molecule has 2 N–H and O–H groups in total. The highest BCUT2D eigenvalue weighted by atomic mass is 35.5.